The van der Waals surface area contributed by atoms with Crippen LogP contribution in [-0.4, -0.2) is 36.1 Å². The molecule has 0 spiro atoms. The number of carbonyl (C=O) groups excluding carboxylic acids is 1. The highest BCUT2D eigenvalue weighted by Gasteiger charge is 2.27. The van der Waals surface area contributed by atoms with Crippen molar-refractivity contribution < 1.29 is 17.6 Å². The van der Waals surface area contributed by atoms with Gasteiger partial charge in [-0.15, -0.1) is 4.98 Å². The first-order valence-electron chi connectivity index (χ1n) is 11.6. The van der Waals surface area contributed by atoms with Crippen LogP contribution < -0.4 is 10.0 Å². The molecule has 1 aromatic carbocycles. The summed E-state index contributed by atoms with van der Waals surface area (Å²) in [5, 5.41) is 6.94. The largest absolute Gasteiger partial charge is 0.361 e. The molecule has 0 fully saturated rings. The molecule has 0 bridgehead atoms. The first-order chi connectivity index (χ1) is 17.1. The fourth-order valence-electron chi connectivity index (χ4n) is 4.61. The average Bonchev–Trinajstić information content (AvgIpc) is 3.49. The average molecular weight is 511 g/mol. The summed E-state index contributed by atoms with van der Waals surface area (Å²) in [6.07, 6.45) is 3.07. The summed E-state index contributed by atoms with van der Waals surface area (Å²) in [5.74, 6) is -0.970. The number of pyridine rings is 1. The molecule has 1 aliphatic carbocycles. The van der Waals surface area contributed by atoms with Gasteiger partial charge < -0.3 is 10.2 Å². The molecule has 1 amide bonds. The summed E-state index contributed by atoms with van der Waals surface area (Å²) >= 11 is 0. The predicted octanol–water partition coefficient (Wildman–Crippen LogP) is 3.47. The Labute approximate surface area is 209 Å². The zero-order valence-electron chi connectivity index (χ0n) is 20.3. The first kappa shape index (κ1) is 25.5. The van der Waals surface area contributed by atoms with Crippen molar-refractivity contribution in [2.24, 2.45) is 0 Å². The Morgan fingerprint density at radius 3 is 2.69 bits per heavy atom. The minimum Gasteiger partial charge on any atom is -0.361 e. The summed E-state index contributed by atoms with van der Waals surface area (Å²) in [7, 11) is -2.48. The second kappa shape index (κ2) is 10.2. The van der Waals surface area contributed by atoms with Crippen molar-refractivity contribution in [3.05, 3.63) is 70.1 Å². The van der Waals surface area contributed by atoms with E-state index < -0.39 is 15.9 Å². The van der Waals surface area contributed by atoms with Crippen molar-refractivity contribution in [3.63, 3.8) is 0 Å². The number of carbonyl (C=O) groups is 1. The van der Waals surface area contributed by atoms with Gasteiger partial charge in [0.25, 0.3) is 15.8 Å². The summed E-state index contributed by atoms with van der Waals surface area (Å²) in [6, 6.07) is 5.90. The summed E-state index contributed by atoms with van der Waals surface area (Å²) in [6.45, 7) is 11.4. The van der Waals surface area contributed by atoms with Gasteiger partial charge in [0.05, 0.1) is 12.1 Å². The second-order valence-corrected chi connectivity index (χ2v) is 10.6. The van der Waals surface area contributed by atoms with Gasteiger partial charge in [-0.05, 0) is 86.2 Å². The molecule has 2 aromatic heterocycles. The van der Waals surface area contributed by atoms with Gasteiger partial charge in [-0.2, -0.15) is 13.5 Å². The highest BCUT2D eigenvalue weighted by atomic mass is 32.2. The Balaban J connectivity index is 1.68. The molecule has 11 heteroatoms. The van der Waals surface area contributed by atoms with E-state index in [1.165, 1.54) is 24.4 Å². The van der Waals surface area contributed by atoms with Gasteiger partial charge in [0.15, 0.2) is 5.03 Å². The Morgan fingerprint density at radius 1 is 1.25 bits per heavy atom. The fraction of sp³-hybridized carbons (Fsp3) is 0.360. The van der Waals surface area contributed by atoms with Crippen LogP contribution in [0.5, 0.6) is 0 Å². The van der Waals surface area contributed by atoms with Crippen LogP contribution in [-0.2, 0) is 40.6 Å². The molecular formula is C25H27FN6O3S. The molecule has 0 unspecified atom stereocenters. The Kier molecular flexibility index (Phi) is 7.19. The minimum absolute atomic E-state index is 0.0712. The number of fused-ring (bicyclic) bond motifs is 1. The zero-order chi connectivity index (χ0) is 26.0. The monoisotopic (exact) mass is 510 g/mol. The van der Waals surface area contributed by atoms with Gasteiger partial charge in [0.2, 0.25) is 5.91 Å². The predicted molar refractivity (Wildman–Crippen MR) is 132 cm³/mol. The molecule has 36 heavy (non-hydrogen) atoms. The van der Waals surface area contributed by atoms with Crippen molar-refractivity contribution in [1.82, 2.24) is 24.8 Å². The van der Waals surface area contributed by atoms with Gasteiger partial charge in [0, 0.05) is 18.7 Å². The minimum atomic E-state index is -4.23. The number of rotatable bonds is 8. The maximum Gasteiger partial charge on any atom is 0.283 e. The van der Waals surface area contributed by atoms with Crippen molar-refractivity contribution in [3.8, 4) is 11.1 Å². The number of benzene rings is 1. The van der Waals surface area contributed by atoms with E-state index in [1.54, 1.807) is 17.8 Å². The summed E-state index contributed by atoms with van der Waals surface area (Å²) in [4.78, 5) is 20.3. The maximum absolute atomic E-state index is 14.9. The van der Waals surface area contributed by atoms with Gasteiger partial charge in [-0.1, -0.05) is 6.57 Å². The molecule has 0 atom stereocenters. The SMILES string of the molecule is [C-]#[N+]c1cc(-c2cc(F)c3c(c2CC(=O)NS(=O)(=O)c2cc(CNC)n(C(C)C)n2)CCC3)ccn1. The lowest BCUT2D eigenvalue weighted by atomic mass is 9.91. The van der Waals surface area contributed by atoms with Crippen LogP contribution in [0.1, 0.15) is 48.7 Å². The van der Waals surface area contributed by atoms with E-state index in [1.807, 2.05) is 13.8 Å². The van der Waals surface area contributed by atoms with Crippen molar-refractivity contribution in [1.29, 1.82) is 0 Å². The standard InChI is InChI=1S/C25H27FN6O3S/c1-15(2)32-17(14-27-3)11-25(30-32)36(34,35)31-24(33)13-21-18-6-5-7-19(18)22(26)12-20(21)16-8-9-29-23(10-16)28-4/h8-12,15,27H,5-7,13-14H2,1-3H3,(H,31,33). The van der Waals surface area contributed by atoms with Crippen LogP contribution in [0, 0.1) is 12.4 Å². The summed E-state index contributed by atoms with van der Waals surface area (Å²) < 4.78 is 44.7. The van der Waals surface area contributed by atoms with Gasteiger partial charge in [-0.25, -0.2) is 9.11 Å². The lowest BCUT2D eigenvalue weighted by molar-refractivity contribution is -0.118. The molecule has 0 saturated carbocycles. The number of hydrogen-bond donors (Lipinski definition) is 2. The third-order valence-electron chi connectivity index (χ3n) is 6.14. The number of aromatic nitrogens is 3. The smallest absolute Gasteiger partial charge is 0.283 e. The molecule has 188 valence electrons. The van der Waals surface area contributed by atoms with E-state index in [0.717, 1.165) is 12.0 Å². The third-order valence-corrected chi connectivity index (χ3v) is 7.38. The quantitative estimate of drug-likeness (QED) is 0.449. The number of sulfonamides is 1. The lowest BCUT2D eigenvalue weighted by Crippen LogP contribution is -2.32. The second-order valence-electron chi connectivity index (χ2n) is 8.96. The van der Waals surface area contributed by atoms with Crippen molar-refractivity contribution >= 4 is 21.7 Å². The number of hydrogen-bond acceptors (Lipinski definition) is 6. The molecule has 2 N–H and O–H groups in total. The van der Waals surface area contributed by atoms with Gasteiger partial charge in [-0.3, -0.25) is 9.48 Å². The number of nitrogens with zero attached hydrogens (tertiary/aromatic N) is 4. The molecule has 0 saturated heterocycles. The molecule has 3 aromatic rings. The van der Waals surface area contributed by atoms with E-state index in [9.17, 15) is 17.6 Å². The van der Waals surface area contributed by atoms with E-state index in [4.69, 9.17) is 6.57 Å². The summed E-state index contributed by atoms with van der Waals surface area (Å²) in [5.41, 5.74) is 3.50. The van der Waals surface area contributed by atoms with Crippen LogP contribution in [0.3, 0.4) is 0 Å². The fourth-order valence-corrected chi connectivity index (χ4v) is 5.57. The zero-order valence-corrected chi connectivity index (χ0v) is 21.1. The molecule has 0 aliphatic heterocycles. The van der Waals surface area contributed by atoms with Crippen molar-refractivity contribution in [2.75, 3.05) is 7.05 Å². The van der Waals surface area contributed by atoms with E-state index in [-0.39, 0.29) is 29.1 Å². The Morgan fingerprint density at radius 2 is 2.00 bits per heavy atom. The van der Waals surface area contributed by atoms with Crippen LogP contribution in [0.4, 0.5) is 10.2 Å². The molecule has 9 nitrogen and oxygen atoms in total. The molecule has 1 aliphatic rings. The van der Waals surface area contributed by atoms with E-state index in [2.05, 4.69) is 25.0 Å². The Hall–Kier alpha value is -3.62. The molecule has 2 heterocycles. The van der Waals surface area contributed by atoms with Crippen LogP contribution in [0.25, 0.3) is 16.0 Å². The van der Waals surface area contributed by atoms with Crippen LogP contribution in [0.2, 0.25) is 0 Å². The molecule has 4 rings (SSSR count). The maximum atomic E-state index is 14.9. The normalized spacial score (nSPS) is 13.0. The Bertz CT molecular complexity index is 1470. The van der Waals surface area contributed by atoms with Crippen LogP contribution in [0.15, 0.2) is 35.5 Å². The molecule has 0 radical (unpaired) electrons. The first-order valence-corrected chi connectivity index (χ1v) is 13.1. The van der Waals surface area contributed by atoms with E-state index >= 15 is 0 Å². The number of amides is 1. The van der Waals surface area contributed by atoms with Gasteiger partial charge in [0.1, 0.15) is 12.0 Å². The van der Waals surface area contributed by atoms with Gasteiger partial charge >= 0.3 is 0 Å². The third kappa shape index (κ3) is 5.01. The highest BCUT2D eigenvalue weighted by molar-refractivity contribution is 7.90. The molecular weight excluding hydrogens is 483 g/mol. The van der Waals surface area contributed by atoms with Crippen molar-refractivity contribution in [2.45, 2.75) is 57.1 Å². The topological polar surface area (TPSA) is 110 Å². The van der Waals surface area contributed by atoms with E-state index in [0.29, 0.717) is 47.3 Å². The highest BCUT2D eigenvalue weighted by Crippen LogP contribution is 2.36. The number of halogens is 1. The lowest BCUT2D eigenvalue weighted by Gasteiger charge is -2.16. The van der Waals surface area contributed by atoms with Crippen LogP contribution >= 0.6 is 0 Å². The number of nitrogens with one attached hydrogen (secondary N) is 2.